The van der Waals surface area contributed by atoms with Crippen molar-refractivity contribution < 1.29 is 19.0 Å². The van der Waals surface area contributed by atoms with E-state index >= 15 is 0 Å². The number of halogens is 2. The van der Waals surface area contributed by atoms with Crippen LogP contribution < -0.4 is 9.47 Å². The lowest BCUT2D eigenvalue weighted by molar-refractivity contribution is 0.214. The van der Waals surface area contributed by atoms with Crippen molar-refractivity contribution >= 4 is 15.9 Å². The van der Waals surface area contributed by atoms with Crippen LogP contribution >= 0.6 is 15.9 Å². The summed E-state index contributed by atoms with van der Waals surface area (Å²) in [4.78, 5) is 0. The average molecular weight is 341 g/mol. The average Bonchev–Trinajstić information content (AvgIpc) is 2.47. The molecule has 0 radical (unpaired) electrons. The lowest BCUT2D eigenvalue weighted by Gasteiger charge is -2.17. The molecule has 0 saturated heterocycles. The van der Waals surface area contributed by atoms with Crippen molar-refractivity contribution in [2.45, 2.75) is 6.10 Å². The molecular weight excluding hydrogens is 327 g/mol. The SMILES string of the molecule is COc1cc(C(O)c2ccc(F)cc2)c(OC)cc1Br. The minimum atomic E-state index is -0.924. The van der Waals surface area contributed by atoms with Gasteiger partial charge in [0.1, 0.15) is 23.4 Å². The summed E-state index contributed by atoms with van der Waals surface area (Å²) in [6, 6.07) is 9.10. The third-order valence-electron chi connectivity index (χ3n) is 2.98. The molecule has 1 unspecified atom stereocenters. The minimum Gasteiger partial charge on any atom is -0.496 e. The number of hydrogen-bond donors (Lipinski definition) is 1. The number of rotatable bonds is 4. The molecule has 2 aromatic carbocycles. The van der Waals surface area contributed by atoms with Crippen LogP contribution in [0, 0.1) is 5.82 Å². The van der Waals surface area contributed by atoms with Gasteiger partial charge in [0.2, 0.25) is 0 Å². The maximum absolute atomic E-state index is 12.9. The maximum atomic E-state index is 12.9. The number of ether oxygens (including phenoxy) is 2. The van der Waals surface area contributed by atoms with Crippen LogP contribution in [0.2, 0.25) is 0 Å². The highest BCUT2D eigenvalue weighted by atomic mass is 79.9. The fraction of sp³-hybridized carbons (Fsp3) is 0.200. The molecule has 0 spiro atoms. The Bertz CT molecular complexity index is 599. The van der Waals surface area contributed by atoms with Crippen LogP contribution in [0.1, 0.15) is 17.2 Å². The zero-order valence-corrected chi connectivity index (χ0v) is 12.6. The van der Waals surface area contributed by atoms with Gasteiger partial charge in [-0.2, -0.15) is 0 Å². The fourth-order valence-corrected chi connectivity index (χ4v) is 2.41. The lowest BCUT2D eigenvalue weighted by Crippen LogP contribution is -2.03. The molecule has 1 atom stereocenters. The third kappa shape index (κ3) is 2.94. The zero-order chi connectivity index (χ0) is 14.7. The van der Waals surface area contributed by atoms with Crippen molar-refractivity contribution in [3.63, 3.8) is 0 Å². The summed E-state index contributed by atoms with van der Waals surface area (Å²) in [5.41, 5.74) is 1.13. The zero-order valence-electron chi connectivity index (χ0n) is 11.1. The predicted octanol–water partition coefficient (Wildman–Crippen LogP) is 3.69. The first-order valence-electron chi connectivity index (χ1n) is 5.91. The molecule has 106 valence electrons. The van der Waals surface area contributed by atoms with E-state index in [-0.39, 0.29) is 5.82 Å². The lowest BCUT2D eigenvalue weighted by atomic mass is 10.0. The van der Waals surface area contributed by atoms with Crippen LogP contribution in [-0.4, -0.2) is 19.3 Å². The van der Waals surface area contributed by atoms with Gasteiger partial charge in [-0.05, 0) is 45.8 Å². The summed E-state index contributed by atoms with van der Waals surface area (Å²) >= 11 is 3.36. The highest BCUT2D eigenvalue weighted by molar-refractivity contribution is 9.10. The summed E-state index contributed by atoms with van der Waals surface area (Å²) in [6.45, 7) is 0. The highest BCUT2D eigenvalue weighted by Gasteiger charge is 2.18. The monoisotopic (exact) mass is 340 g/mol. The van der Waals surface area contributed by atoms with Gasteiger partial charge < -0.3 is 14.6 Å². The van der Waals surface area contributed by atoms with Crippen molar-refractivity contribution in [1.82, 2.24) is 0 Å². The maximum Gasteiger partial charge on any atom is 0.133 e. The van der Waals surface area contributed by atoms with Crippen molar-refractivity contribution in [1.29, 1.82) is 0 Å². The molecule has 2 aromatic rings. The molecule has 0 aliphatic heterocycles. The molecule has 2 rings (SSSR count). The summed E-state index contributed by atoms with van der Waals surface area (Å²) in [5.74, 6) is 0.762. The van der Waals surface area contributed by atoms with Gasteiger partial charge in [-0.25, -0.2) is 4.39 Å². The molecule has 0 bridgehead atoms. The van der Waals surface area contributed by atoms with E-state index in [2.05, 4.69) is 15.9 Å². The van der Waals surface area contributed by atoms with Crippen LogP contribution in [0.15, 0.2) is 40.9 Å². The molecule has 20 heavy (non-hydrogen) atoms. The fourth-order valence-electron chi connectivity index (χ4n) is 1.92. The van der Waals surface area contributed by atoms with E-state index in [0.29, 0.717) is 22.6 Å². The molecule has 3 nitrogen and oxygen atoms in total. The van der Waals surface area contributed by atoms with E-state index in [4.69, 9.17) is 9.47 Å². The van der Waals surface area contributed by atoms with Crippen molar-refractivity contribution in [2.24, 2.45) is 0 Å². The normalized spacial score (nSPS) is 12.1. The first-order valence-corrected chi connectivity index (χ1v) is 6.71. The Balaban J connectivity index is 2.47. The van der Waals surface area contributed by atoms with Gasteiger partial charge in [-0.1, -0.05) is 12.1 Å². The Morgan fingerprint density at radius 1 is 1.05 bits per heavy atom. The van der Waals surface area contributed by atoms with Gasteiger partial charge >= 0.3 is 0 Å². The molecule has 0 aromatic heterocycles. The molecule has 1 N–H and O–H groups in total. The first kappa shape index (κ1) is 14.8. The van der Waals surface area contributed by atoms with Gasteiger partial charge in [0.15, 0.2) is 0 Å². The van der Waals surface area contributed by atoms with E-state index in [0.717, 1.165) is 4.47 Å². The molecule has 5 heteroatoms. The predicted molar refractivity (Wildman–Crippen MR) is 77.7 cm³/mol. The minimum absolute atomic E-state index is 0.346. The van der Waals surface area contributed by atoms with Gasteiger partial charge in [-0.3, -0.25) is 0 Å². The molecule has 0 fully saturated rings. The summed E-state index contributed by atoms with van der Waals surface area (Å²) in [6.07, 6.45) is -0.924. The Morgan fingerprint density at radius 2 is 1.65 bits per heavy atom. The second-order valence-corrected chi connectivity index (χ2v) is 5.04. The number of aliphatic hydroxyl groups is 1. The van der Waals surface area contributed by atoms with Gasteiger partial charge in [0.05, 0.1) is 18.7 Å². The van der Waals surface area contributed by atoms with Gasteiger partial charge in [0, 0.05) is 5.56 Å². The smallest absolute Gasteiger partial charge is 0.133 e. The summed E-state index contributed by atoms with van der Waals surface area (Å²) in [7, 11) is 3.07. The molecule has 0 amide bonds. The van der Waals surface area contributed by atoms with Crippen LogP contribution in [-0.2, 0) is 0 Å². The van der Waals surface area contributed by atoms with Gasteiger partial charge in [-0.15, -0.1) is 0 Å². The standard InChI is InChI=1S/C15H14BrFO3/c1-19-13-8-12(16)14(20-2)7-11(13)15(18)9-3-5-10(17)6-4-9/h3-8,15,18H,1-2H3. The van der Waals surface area contributed by atoms with E-state index in [1.807, 2.05) is 0 Å². The topological polar surface area (TPSA) is 38.7 Å². The van der Waals surface area contributed by atoms with Crippen LogP contribution in [0.5, 0.6) is 11.5 Å². The van der Waals surface area contributed by atoms with Crippen molar-refractivity contribution in [2.75, 3.05) is 14.2 Å². The van der Waals surface area contributed by atoms with Crippen molar-refractivity contribution in [3.8, 4) is 11.5 Å². The molecule has 0 heterocycles. The number of benzene rings is 2. The number of methoxy groups -OCH3 is 2. The second-order valence-electron chi connectivity index (χ2n) is 4.18. The van der Waals surface area contributed by atoms with E-state index in [9.17, 15) is 9.50 Å². The molecule has 0 aliphatic carbocycles. The van der Waals surface area contributed by atoms with Crippen LogP contribution in [0.3, 0.4) is 0 Å². The molecular formula is C15H14BrFO3. The van der Waals surface area contributed by atoms with Crippen LogP contribution in [0.4, 0.5) is 4.39 Å². The van der Waals surface area contributed by atoms with Crippen LogP contribution in [0.25, 0.3) is 0 Å². The Kier molecular flexibility index (Phi) is 4.62. The largest absolute Gasteiger partial charge is 0.496 e. The van der Waals surface area contributed by atoms with E-state index in [1.54, 1.807) is 19.2 Å². The quantitative estimate of drug-likeness (QED) is 0.922. The number of aliphatic hydroxyl groups excluding tert-OH is 1. The van der Waals surface area contributed by atoms with E-state index < -0.39 is 6.10 Å². The Morgan fingerprint density at radius 3 is 2.20 bits per heavy atom. The summed E-state index contributed by atoms with van der Waals surface area (Å²) < 4.78 is 24.2. The highest BCUT2D eigenvalue weighted by Crippen LogP contribution is 2.37. The first-order chi connectivity index (χ1) is 9.56. The van der Waals surface area contributed by atoms with Crippen molar-refractivity contribution in [3.05, 3.63) is 57.8 Å². The third-order valence-corrected chi connectivity index (χ3v) is 3.60. The summed E-state index contributed by atoms with van der Waals surface area (Å²) in [5, 5.41) is 10.4. The number of hydrogen-bond acceptors (Lipinski definition) is 3. The molecule has 0 saturated carbocycles. The van der Waals surface area contributed by atoms with E-state index in [1.165, 1.54) is 31.4 Å². The molecule has 0 aliphatic rings. The van der Waals surface area contributed by atoms with Gasteiger partial charge in [0.25, 0.3) is 0 Å². The second kappa shape index (κ2) is 6.24. The Labute approximate surface area is 125 Å². The Hall–Kier alpha value is -1.59.